The van der Waals surface area contributed by atoms with Crippen LogP contribution in [-0.2, 0) is 21.1 Å². The van der Waals surface area contributed by atoms with E-state index in [2.05, 4.69) is 0 Å². The average molecular weight is 298 g/mol. The van der Waals surface area contributed by atoms with E-state index in [1.54, 1.807) is 20.0 Å². The molecule has 0 saturated heterocycles. The van der Waals surface area contributed by atoms with Crippen molar-refractivity contribution in [3.8, 4) is 0 Å². The van der Waals surface area contributed by atoms with Gasteiger partial charge in [-0.05, 0) is 25.0 Å². The second-order valence-electron chi connectivity index (χ2n) is 5.14. The second kappa shape index (κ2) is 6.74. The maximum atomic E-state index is 12.0. The Kier molecular flexibility index (Phi) is 5.56. The first-order valence-corrected chi connectivity index (χ1v) is 8.53. The highest BCUT2D eigenvalue weighted by atomic mass is 32.2. The summed E-state index contributed by atoms with van der Waals surface area (Å²) < 4.78 is 22.5. The van der Waals surface area contributed by atoms with E-state index in [-0.39, 0.29) is 17.7 Å². The molecule has 20 heavy (non-hydrogen) atoms. The molecule has 0 saturated carbocycles. The number of hydrogen-bond acceptors (Lipinski definition) is 4. The summed E-state index contributed by atoms with van der Waals surface area (Å²) in [6, 6.07) is 7.09. The van der Waals surface area contributed by atoms with E-state index in [4.69, 9.17) is 5.73 Å². The number of nitrogens with two attached hydrogens (primary N) is 1. The van der Waals surface area contributed by atoms with Gasteiger partial charge in [0, 0.05) is 31.5 Å². The van der Waals surface area contributed by atoms with Crippen LogP contribution >= 0.6 is 0 Å². The SMILES string of the molecule is CC(CS(C)(=O)=O)N(C)C(=O)CCc1ccccc1N. The van der Waals surface area contributed by atoms with Gasteiger partial charge >= 0.3 is 0 Å². The summed E-state index contributed by atoms with van der Waals surface area (Å²) in [5.74, 6) is -0.104. The Balaban J connectivity index is 2.56. The summed E-state index contributed by atoms with van der Waals surface area (Å²) in [6.07, 6.45) is 2.05. The average Bonchev–Trinajstić information content (AvgIpc) is 2.34. The van der Waals surface area contributed by atoms with Crippen LogP contribution in [0.1, 0.15) is 18.9 Å². The third kappa shape index (κ3) is 5.21. The molecule has 1 atom stereocenters. The minimum Gasteiger partial charge on any atom is -0.399 e. The highest BCUT2D eigenvalue weighted by Crippen LogP contribution is 2.13. The van der Waals surface area contributed by atoms with Crippen molar-refractivity contribution in [2.75, 3.05) is 24.8 Å². The molecule has 1 aromatic carbocycles. The van der Waals surface area contributed by atoms with Gasteiger partial charge in [-0.1, -0.05) is 18.2 Å². The van der Waals surface area contributed by atoms with Gasteiger partial charge in [-0.2, -0.15) is 0 Å². The largest absolute Gasteiger partial charge is 0.399 e. The van der Waals surface area contributed by atoms with Crippen molar-refractivity contribution in [3.05, 3.63) is 29.8 Å². The van der Waals surface area contributed by atoms with Crippen LogP contribution in [0.15, 0.2) is 24.3 Å². The number of amides is 1. The van der Waals surface area contributed by atoms with Crippen molar-refractivity contribution in [2.45, 2.75) is 25.8 Å². The Hall–Kier alpha value is -1.56. The highest BCUT2D eigenvalue weighted by molar-refractivity contribution is 7.90. The van der Waals surface area contributed by atoms with E-state index < -0.39 is 9.84 Å². The molecule has 1 unspecified atom stereocenters. The molecule has 0 bridgehead atoms. The van der Waals surface area contributed by atoms with E-state index >= 15 is 0 Å². The van der Waals surface area contributed by atoms with Crippen LogP contribution in [0.25, 0.3) is 0 Å². The first kappa shape index (κ1) is 16.5. The Morgan fingerprint density at radius 2 is 1.95 bits per heavy atom. The molecule has 0 aliphatic heterocycles. The molecule has 0 spiro atoms. The van der Waals surface area contributed by atoms with Crippen LogP contribution in [0.3, 0.4) is 0 Å². The van der Waals surface area contributed by atoms with E-state index in [1.807, 2.05) is 18.2 Å². The lowest BCUT2D eigenvalue weighted by molar-refractivity contribution is -0.131. The van der Waals surface area contributed by atoms with E-state index in [9.17, 15) is 13.2 Å². The Labute approximate surface area is 120 Å². The number of nitrogen functional groups attached to an aromatic ring is 1. The Morgan fingerprint density at radius 3 is 2.50 bits per heavy atom. The number of carbonyl (C=O) groups is 1. The molecule has 5 nitrogen and oxygen atoms in total. The smallest absolute Gasteiger partial charge is 0.222 e. The zero-order chi connectivity index (χ0) is 15.3. The molecule has 0 aliphatic carbocycles. The third-order valence-corrected chi connectivity index (χ3v) is 4.35. The molecule has 1 rings (SSSR count). The zero-order valence-corrected chi connectivity index (χ0v) is 13.0. The molecule has 0 heterocycles. The number of aryl methyl sites for hydroxylation is 1. The van der Waals surface area contributed by atoms with Crippen molar-refractivity contribution in [2.24, 2.45) is 0 Å². The lowest BCUT2D eigenvalue weighted by atomic mass is 10.1. The van der Waals surface area contributed by atoms with Crippen molar-refractivity contribution in [1.29, 1.82) is 0 Å². The van der Waals surface area contributed by atoms with Crippen molar-refractivity contribution >= 4 is 21.4 Å². The van der Waals surface area contributed by atoms with Gasteiger partial charge in [0.15, 0.2) is 0 Å². The fraction of sp³-hybridized carbons (Fsp3) is 0.500. The van der Waals surface area contributed by atoms with Crippen molar-refractivity contribution in [3.63, 3.8) is 0 Å². The molecule has 2 N–H and O–H groups in total. The van der Waals surface area contributed by atoms with E-state index in [1.165, 1.54) is 11.2 Å². The number of nitrogens with zero attached hydrogens (tertiary/aromatic N) is 1. The van der Waals surface area contributed by atoms with Gasteiger partial charge in [-0.25, -0.2) is 8.42 Å². The number of anilines is 1. The first-order chi connectivity index (χ1) is 9.20. The maximum Gasteiger partial charge on any atom is 0.222 e. The zero-order valence-electron chi connectivity index (χ0n) is 12.2. The predicted molar refractivity (Wildman–Crippen MR) is 81.1 cm³/mol. The lowest BCUT2D eigenvalue weighted by Gasteiger charge is -2.24. The molecule has 0 radical (unpaired) electrons. The van der Waals surface area contributed by atoms with Gasteiger partial charge in [0.25, 0.3) is 0 Å². The van der Waals surface area contributed by atoms with Crippen LogP contribution in [0.2, 0.25) is 0 Å². The Morgan fingerprint density at radius 1 is 1.35 bits per heavy atom. The predicted octanol–water partition coefficient (Wildman–Crippen LogP) is 1.09. The molecule has 0 fully saturated rings. The van der Waals surface area contributed by atoms with Gasteiger partial charge in [0.1, 0.15) is 9.84 Å². The molecular weight excluding hydrogens is 276 g/mol. The Bertz CT molecular complexity index is 570. The summed E-state index contributed by atoms with van der Waals surface area (Å²) in [4.78, 5) is 13.5. The summed E-state index contributed by atoms with van der Waals surface area (Å²) >= 11 is 0. The van der Waals surface area contributed by atoms with Gasteiger partial charge in [0.05, 0.1) is 5.75 Å². The summed E-state index contributed by atoms with van der Waals surface area (Å²) in [5.41, 5.74) is 7.43. The standard InChI is InChI=1S/C14H22N2O3S/c1-11(10-20(3,18)19)16(2)14(17)9-8-12-6-4-5-7-13(12)15/h4-7,11H,8-10,15H2,1-3H3. The topological polar surface area (TPSA) is 80.5 Å². The van der Waals surface area contributed by atoms with Crippen LogP contribution in [-0.4, -0.2) is 44.3 Å². The summed E-state index contributed by atoms with van der Waals surface area (Å²) in [5, 5.41) is 0. The summed E-state index contributed by atoms with van der Waals surface area (Å²) in [6.45, 7) is 1.73. The van der Waals surface area contributed by atoms with Gasteiger partial charge in [-0.15, -0.1) is 0 Å². The van der Waals surface area contributed by atoms with Crippen molar-refractivity contribution < 1.29 is 13.2 Å². The summed E-state index contributed by atoms with van der Waals surface area (Å²) in [7, 11) is -1.46. The highest BCUT2D eigenvalue weighted by Gasteiger charge is 2.19. The van der Waals surface area contributed by atoms with Crippen molar-refractivity contribution in [1.82, 2.24) is 4.90 Å². The van der Waals surface area contributed by atoms with E-state index in [0.717, 1.165) is 5.56 Å². The van der Waals surface area contributed by atoms with Crippen LogP contribution in [0.4, 0.5) is 5.69 Å². The number of benzene rings is 1. The van der Waals surface area contributed by atoms with Gasteiger partial charge < -0.3 is 10.6 Å². The monoisotopic (exact) mass is 298 g/mol. The third-order valence-electron chi connectivity index (χ3n) is 3.26. The van der Waals surface area contributed by atoms with Crippen LogP contribution in [0.5, 0.6) is 0 Å². The number of hydrogen-bond donors (Lipinski definition) is 1. The quantitative estimate of drug-likeness (QED) is 0.797. The molecule has 112 valence electrons. The lowest BCUT2D eigenvalue weighted by Crippen LogP contribution is -2.39. The minimum absolute atomic E-state index is 0.0251. The number of carbonyl (C=O) groups excluding carboxylic acids is 1. The van der Waals surface area contributed by atoms with E-state index in [0.29, 0.717) is 18.5 Å². The van der Waals surface area contributed by atoms with Gasteiger partial charge in [-0.3, -0.25) is 4.79 Å². The molecule has 1 amide bonds. The molecule has 6 heteroatoms. The first-order valence-electron chi connectivity index (χ1n) is 6.47. The fourth-order valence-electron chi connectivity index (χ4n) is 1.98. The van der Waals surface area contributed by atoms with Crippen LogP contribution < -0.4 is 5.73 Å². The fourth-order valence-corrected chi connectivity index (χ4v) is 3.08. The molecular formula is C14H22N2O3S. The maximum absolute atomic E-state index is 12.0. The number of rotatable bonds is 6. The normalized spacial score (nSPS) is 12.9. The molecule has 0 aromatic heterocycles. The minimum atomic E-state index is -3.09. The van der Waals surface area contributed by atoms with Crippen LogP contribution in [0, 0.1) is 0 Å². The molecule has 0 aliphatic rings. The van der Waals surface area contributed by atoms with Gasteiger partial charge in [0.2, 0.25) is 5.91 Å². The number of sulfone groups is 1. The second-order valence-corrected chi connectivity index (χ2v) is 7.33. The number of para-hydroxylation sites is 1. The molecule has 1 aromatic rings.